The maximum Gasteiger partial charge on any atom is 0.252 e. The molecule has 0 aliphatic carbocycles. The smallest absolute Gasteiger partial charge is 0.252 e. The molecule has 1 aromatic carbocycles. The Bertz CT molecular complexity index is 405. The van der Waals surface area contributed by atoms with Crippen molar-refractivity contribution in [2.24, 2.45) is 0 Å². The first kappa shape index (κ1) is 13.5. The minimum Gasteiger partial charge on any atom is -0.349 e. The van der Waals surface area contributed by atoms with Gasteiger partial charge in [-0.15, -0.1) is 0 Å². The summed E-state index contributed by atoms with van der Waals surface area (Å²) in [6, 6.07) is 5.85. The van der Waals surface area contributed by atoms with Crippen LogP contribution in [0.15, 0.2) is 24.3 Å². The molecule has 0 aromatic heterocycles. The quantitative estimate of drug-likeness (QED) is 0.786. The number of aryl methyl sites for hydroxylation is 1. The highest BCUT2D eigenvalue weighted by Crippen LogP contribution is 2.15. The maximum atomic E-state index is 11.5. The number of amides is 1. The molecule has 2 nitrogen and oxygen atoms in total. The molecule has 2 heteroatoms. The SMILES string of the molecule is CCCC.Cc1ccc2c(c1)C=CCNC2=O. The summed E-state index contributed by atoms with van der Waals surface area (Å²) in [7, 11) is 0. The van der Waals surface area contributed by atoms with Gasteiger partial charge in [0.2, 0.25) is 0 Å². The minimum atomic E-state index is 0.0139. The number of rotatable bonds is 1. The Labute approximate surface area is 104 Å². The Kier molecular flexibility index (Phi) is 5.47. The predicted octanol–water partition coefficient (Wildman–Crippen LogP) is 3.56. The molecular weight excluding hydrogens is 210 g/mol. The van der Waals surface area contributed by atoms with Crippen molar-refractivity contribution in [3.05, 3.63) is 41.0 Å². The first-order valence-electron chi connectivity index (χ1n) is 6.24. The summed E-state index contributed by atoms with van der Waals surface area (Å²) in [4.78, 5) is 11.5. The molecule has 1 N–H and O–H groups in total. The Hall–Kier alpha value is -1.57. The Balaban J connectivity index is 0.000000317. The zero-order valence-electron chi connectivity index (χ0n) is 10.9. The molecular formula is C15H21NO. The van der Waals surface area contributed by atoms with Crippen molar-refractivity contribution in [2.45, 2.75) is 33.6 Å². The second kappa shape index (κ2) is 6.89. The van der Waals surface area contributed by atoms with Gasteiger partial charge in [-0.1, -0.05) is 56.5 Å². The number of fused-ring (bicyclic) bond motifs is 1. The Morgan fingerprint density at radius 1 is 1.24 bits per heavy atom. The summed E-state index contributed by atoms with van der Waals surface area (Å²) in [6.07, 6.45) is 6.59. The summed E-state index contributed by atoms with van der Waals surface area (Å²) in [6.45, 7) is 7.00. The molecule has 0 atom stereocenters. The molecule has 0 spiro atoms. The molecule has 0 saturated carbocycles. The van der Waals surface area contributed by atoms with Gasteiger partial charge in [-0.05, 0) is 18.6 Å². The van der Waals surface area contributed by atoms with Crippen molar-refractivity contribution in [1.29, 1.82) is 0 Å². The van der Waals surface area contributed by atoms with Crippen molar-refractivity contribution in [3.63, 3.8) is 0 Å². The van der Waals surface area contributed by atoms with Gasteiger partial charge in [-0.2, -0.15) is 0 Å². The molecule has 0 fully saturated rings. The van der Waals surface area contributed by atoms with Gasteiger partial charge in [0.05, 0.1) is 0 Å². The van der Waals surface area contributed by atoms with E-state index in [1.165, 1.54) is 18.4 Å². The van der Waals surface area contributed by atoms with Gasteiger partial charge in [0.1, 0.15) is 0 Å². The van der Waals surface area contributed by atoms with Crippen molar-refractivity contribution >= 4 is 12.0 Å². The van der Waals surface area contributed by atoms with Crippen LogP contribution in [0.1, 0.15) is 48.2 Å². The van der Waals surface area contributed by atoms with Crippen LogP contribution in [-0.4, -0.2) is 12.5 Å². The van der Waals surface area contributed by atoms with Crippen LogP contribution in [0.5, 0.6) is 0 Å². The summed E-state index contributed by atoms with van der Waals surface area (Å²) in [5.74, 6) is 0.0139. The molecule has 0 bridgehead atoms. The van der Waals surface area contributed by atoms with Gasteiger partial charge in [0.15, 0.2) is 0 Å². The van der Waals surface area contributed by atoms with Crippen LogP contribution in [0.3, 0.4) is 0 Å². The van der Waals surface area contributed by atoms with Gasteiger partial charge in [-0.25, -0.2) is 0 Å². The fourth-order valence-corrected chi connectivity index (χ4v) is 1.46. The van der Waals surface area contributed by atoms with Crippen molar-refractivity contribution in [2.75, 3.05) is 6.54 Å². The number of hydrogen-bond donors (Lipinski definition) is 1. The fourth-order valence-electron chi connectivity index (χ4n) is 1.46. The largest absolute Gasteiger partial charge is 0.349 e. The molecule has 1 aromatic rings. The van der Waals surface area contributed by atoms with Gasteiger partial charge in [0.25, 0.3) is 5.91 Å². The number of carbonyl (C=O) groups excluding carboxylic acids is 1. The van der Waals surface area contributed by atoms with Crippen LogP contribution in [0, 0.1) is 6.92 Å². The number of hydrogen-bond acceptors (Lipinski definition) is 1. The zero-order valence-corrected chi connectivity index (χ0v) is 10.9. The van der Waals surface area contributed by atoms with Crippen molar-refractivity contribution < 1.29 is 4.79 Å². The van der Waals surface area contributed by atoms with Crippen LogP contribution in [0.25, 0.3) is 6.08 Å². The van der Waals surface area contributed by atoms with E-state index in [1.54, 1.807) is 0 Å². The van der Waals surface area contributed by atoms with Crippen LogP contribution < -0.4 is 5.32 Å². The van der Waals surface area contributed by atoms with Gasteiger partial charge in [0, 0.05) is 12.1 Å². The lowest BCUT2D eigenvalue weighted by Crippen LogP contribution is -2.22. The topological polar surface area (TPSA) is 29.1 Å². The minimum absolute atomic E-state index is 0.0139. The molecule has 1 aliphatic heterocycles. The highest BCUT2D eigenvalue weighted by molar-refractivity contribution is 5.98. The van der Waals surface area contributed by atoms with E-state index < -0.39 is 0 Å². The number of nitrogens with one attached hydrogen (secondary N) is 1. The lowest BCUT2D eigenvalue weighted by Gasteiger charge is -2.03. The number of benzene rings is 1. The third-order valence-corrected chi connectivity index (χ3v) is 2.63. The molecule has 1 aliphatic rings. The third kappa shape index (κ3) is 4.06. The predicted molar refractivity (Wildman–Crippen MR) is 73.1 cm³/mol. The van der Waals surface area contributed by atoms with Gasteiger partial charge >= 0.3 is 0 Å². The molecule has 1 amide bonds. The van der Waals surface area contributed by atoms with Crippen LogP contribution in [0.4, 0.5) is 0 Å². The van der Waals surface area contributed by atoms with E-state index in [0.717, 1.165) is 11.1 Å². The Morgan fingerprint density at radius 3 is 2.59 bits per heavy atom. The molecule has 2 rings (SSSR count). The molecule has 0 radical (unpaired) electrons. The second-order valence-corrected chi connectivity index (χ2v) is 4.20. The second-order valence-electron chi connectivity index (χ2n) is 4.20. The van der Waals surface area contributed by atoms with E-state index in [0.29, 0.717) is 6.54 Å². The van der Waals surface area contributed by atoms with E-state index in [4.69, 9.17) is 0 Å². The van der Waals surface area contributed by atoms with Gasteiger partial charge < -0.3 is 5.32 Å². The van der Waals surface area contributed by atoms with Crippen LogP contribution >= 0.6 is 0 Å². The summed E-state index contributed by atoms with van der Waals surface area (Å²) in [5.41, 5.74) is 2.95. The van der Waals surface area contributed by atoms with E-state index in [2.05, 4.69) is 19.2 Å². The van der Waals surface area contributed by atoms with E-state index in [-0.39, 0.29) is 5.91 Å². The first-order valence-corrected chi connectivity index (χ1v) is 6.24. The summed E-state index contributed by atoms with van der Waals surface area (Å²) in [5, 5.41) is 2.79. The highest BCUT2D eigenvalue weighted by atomic mass is 16.1. The monoisotopic (exact) mass is 231 g/mol. The van der Waals surface area contributed by atoms with Gasteiger partial charge in [-0.3, -0.25) is 4.79 Å². The van der Waals surface area contributed by atoms with Crippen LogP contribution in [-0.2, 0) is 0 Å². The van der Waals surface area contributed by atoms with E-state index in [9.17, 15) is 4.79 Å². The average Bonchev–Trinajstić information content (AvgIpc) is 2.51. The third-order valence-electron chi connectivity index (χ3n) is 2.63. The first-order chi connectivity index (χ1) is 8.19. The zero-order chi connectivity index (χ0) is 12.7. The lowest BCUT2D eigenvalue weighted by atomic mass is 10.0. The normalized spacial score (nSPS) is 13.0. The number of carbonyl (C=O) groups is 1. The van der Waals surface area contributed by atoms with E-state index >= 15 is 0 Å². The summed E-state index contributed by atoms with van der Waals surface area (Å²) >= 11 is 0. The molecule has 17 heavy (non-hydrogen) atoms. The molecule has 0 unspecified atom stereocenters. The standard InChI is InChI=1S/C11H11NO.C4H10/c1-8-4-5-10-9(7-8)3-2-6-12-11(10)13;1-3-4-2/h2-5,7H,6H2,1H3,(H,12,13);3-4H2,1-2H3. The van der Waals surface area contributed by atoms with E-state index in [1.807, 2.05) is 37.3 Å². The molecule has 0 saturated heterocycles. The molecule has 1 heterocycles. The molecule has 92 valence electrons. The maximum absolute atomic E-state index is 11.5. The van der Waals surface area contributed by atoms with Crippen LogP contribution in [0.2, 0.25) is 0 Å². The lowest BCUT2D eigenvalue weighted by molar-refractivity contribution is 0.0958. The number of unbranched alkanes of at least 4 members (excludes halogenated alkanes) is 1. The van der Waals surface area contributed by atoms with Crippen molar-refractivity contribution in [3.8, 4) is 0 Å². The average molecular weight is 231 g/mol. The Morgan fingerprint density at radius 2 is 1.94 bits per heavy atom. The fraction of sp³-hybridized carbons (Fsp3) is 0.400. The summed E-state index contributed by atoms with van der Waals surface area (Å²) < 4.78 is 0. The highest BCUT2D eigenvalue weighted by Gasteiger charge is 2.10. The van der Waals surface area contributed by atoms with Crippen molar-refractivity contribution in [1.82, 2.24) is 5.32 Å².